The van der Waals surface area contributed by atoms with Gasteiger partial charge in [-0.15, -0.1) is 11.3 Å². The number of para-hydroxylation sites is 2. The van der Waals surface area contributed by atoms with Crippen molar-refractivity contribution in [1.29, 1.82) is 0 Å². The topological polar surface area (TPSA) is 100 Å². The largest absolute Gasteiger partial charge is 0.449 e. The fourth-order valence-corrected chi connectivity index (χ4v) is 4.92. The number of hydrogen-bond acceptors (Lipinski definition) is 6. The van der Waals surface area contributed by atoms with Gasteiger partial charge in [-0.3, -0.25) is 14.3 Å². The molecule has 0 spiro atoms. The summed E-state index contributed by atoms with van der Waals surface area (Å²) in [6, 6.07) is 22.7. The van der Waals surface area contributed by atoms with Crippen molar-refractivity contribution in [1.82, 2.24) is 19.1 Å². The third-order valence-corrected chi connectivity index (χ3v) is 7.26. The van der Waals surface area contributed by atoms with Crippen molar-refractivity contribution in [2.24, 2.45) is 7.05 Å². The minimum atomic E-state index is -1.13. The lowest BCUT2D eigenvalue weighted by molar-refractivity contribution is -0.148. The second kappa shape index (κ2) is 11.4. The highest BCUT2D eigenvalue weighted by atomic mass is 32.1. The predicted molar refractivity (Wildman–Crippen MR) is 156 cm³/mol. The molecule has 0 saturated carbocycles. The first-order valence-electron chi connectivity index (χ1n) is 12.6. The van der Waals surface area contributed by atoms with Crippen molar-refractivity contribution in [2.75, 3.05) is 5.32 Å². The molecule has 9 nitrogen and oxygen atoms in total. The second-order valence-electron chi connectivity index (χ2n) is 9.03. The average Bonchev–Trinajstić information content (AvgIpc) is 3.69. The molecule has 0 aliphatic carbocycles. The molecule has 0 aliphatic heterocycles. The van der Waals surface area contributed by atoms with Crippen molar-refractivity contribution < 1.29 is 14.3 Å². The SMILES string of the molecule is Cc1c(NC(=O)C(C)OC(=O)/C=C/c2cn(-c3ccccc3)nc2-c2cccs2)c(=O)n(-c2ccccc2)n1C. The summed E-state index contributed by atoms with van der Waals surface area (Å²) in [5, 5.41) is 9.30. The number of amides is 1. The Bertz CT molecular complexity index is 1730. The molecule has 3 aromatic heterocycles. The molecule has 1 amide bonds. The van der Waals surface area contributed by atoms with E-state index >= 15 is 0 Å². The van der Waals surface area contributed by atoms with E-state index in [1.54, 1.807) is 52.9 Å². The summed E-state index contributed by atoms with van der Waals surface area (Å²) in [6.45, 7) is 3.19. The maximum absolute atomic E-state index is 13.1. The Balaban J connectivity index is 1.30. The minimum Gasteiger partial charge on any atom is -0.449 e. The van der Waals surface area contributed by atoms with Gasteiger partial charge < -0.3 is 10.1 Å². The Kier molecular flexibility index (Phi) is 7.61. The van der Waals surface area contributed by atoms with Gasteiger partial charge in [0.2, 0.25) is 0 Å². The van der Waals surface area contributed by atoms with Gasteiger partial charge in [0.1, 0.15) is 11.4 Å². The van der Waals surface area contributed by atoms with Crippen LogP contribution in [0.2, 0.25) is 0 Å². The minimum absolute atomic E-state index is 0.128. The molecule has 0 saturated heterocycles. The number of ether oxygens (including phenoxy) is 1. The van der Waals surface area contributed by atoms with E-state index in [1.165, 1.54) is 17.7 Å². The number of hydrogen-bond donors (Lipinski definition) is 1. The van der Waals surface area contributed by atoms with Crippen LogP contribution in [0, 0.1) is 6.92 Å². The van der Waals surface area contributed by atoms with Crippen LogP contribution in [0.3, 0.4) is 0 Å². The molecule has 0 fully saturated rings. The van der Waals surface area contributed by atoms with E-state index < -0.39 is 18.0 Å². The highest BCUT2D eigenvalue weighted by Gasteiger charge is 2.23. The molecule has 40 heavy (non-hydrogen) atoms. The number of rotatable bonds is 8. The van der Waals surface area contributed by atoms with Gasteiger partial charge in [0.05, 0.1) is 21.9 Å². The van der Waals surface area contributed by atoms with E-state index in [0.29, 0.717) is 11.4 Å². The van der Waals surface area contributed by atoms with Crippen LogP contribution in [-0.2, 0) is 21.4 Å². The summed E-state index contributed by atoms with van der Waals surface area (Å²) < 4.78 is 10.2. The van der Waals surface area contributed by atoms with Gasteiger partial charge in [-0.2, -0.15) is 5.10 Å². The molecule has 5 aromatic rings. The second-order valence-corrected chi connectivity index (χ2v) is 9.98. The number of anilines is 1. The third kappa shape index (κ3) is 5.43. The molecule has 0 bridgehead atoms. The average molecular weight is 554 g/mol. The maximum Gasteiger partial charge on any atom is 0.331 e. The van der Waals surface area contributed by atoms with Crippen LogP contribution in [0.5, 0.6) is 0 Å². The number of aromatic nitrogens is 4. The van der Waals surface area contributed by atoms with Crippen LogP contribution in [0.15, 0.2) is 95.2 Å². The van der Waals surface area contributed by atoms with Crippen LogP contribution in [0.4, 0.5) is 5.69 Å². The number of esters is 1. The molecule has 10 heteroatoms. The van der Waals surface area contributed by atoms with Crippen LogP contribution >= 0.6 is 11.3 Å². The normalized spacial score (nSPS) is 12.0. The Labute approximate surface area is 234 Å². The Morgan fingerprint density at radius 3 is 2.33 bits per heavy atom. The molecule has 5 rings (SSSR count). The van der Waals surface area contributed by atoms with Gasteiger partial charge in [0, 0.05) is 24.9 Å². The summed E-state index contributed by atoms with van der Waals surface area (Å²) in [4.78, 5) is 39.6. The van der Waals surface area contributed by atoms with E-state index in [1.807, 2.05) is 72.2 Å². The molecule has 202 valence electrons. The van der Waals surface area contributed by atoms with Gasteiger partial charge in [-0.25, -0.2) is 14.2 Å². The van der Waals surface area contributed by atoms with E-state index in [0.717, 1.165) is 21.8 Å². The lowest BCUT2D eigenvalue weighted by Crippen LogP contribution is -2.31. The smallest absolute Gasteiger partial charge is 0.331 e. The van der Waals surface area contributed by atoms with Crippen molar-refractivity contribution in [3.8, 4) is 21.9 Å². The summed E-state index contributed by atoms with van der Waals surface area (Å²) in [5.74, 6) is -1.30. The summed E-state index contributed by atoms with van der Waals surface area (Å²) in [7, 11) is 1.73. The van der Waals surface area contributed by atoms with Crippen molar-refractivity contribution in [3.63, 3.8) is 0 Å². The van der Waals surface area contributed by atoms with Crippen molar-refractivity contribution in [3.05, 3.63) is 112 Å². The van der Waals surface area contributed by atoms with Crippen LogP contribution in [-0.4, -0.2) is 37.1 Å². The van der Waals surface area contributed by atoms with Crippen molar-refractivity contribution in [2.45, 2.75) is 20.0 Å². The summed E-state index contributed by atoms with van der Waals surface area (Å²) in [5.41, 5.74) is 3.32. The van der Waals surface area contributed by atoms with E-state index in [9.17, 15) is 14.4 Å². The molecule has 0 aliphatic rings. The first-order valence-corrected chi connectivity index (χ1v) is 13.4. The number of carbonyl (C=O) groups excluding carboxylic acids is 2. The number of carbonyl (C=O) groups is 2. The van der Waals surface area contributed by atoms with Crippen LogP contribution in [0.1, 0.15) is 18.2 Å². The van der Waals surface area contributed by atoms with Gasteiger partial charge in [-0.05, 0) is 55.6 Å². The quantitative estimate of drug-likeness (QED) is 0.216. The standard InChI is InChI=1S/C30H27N5O4S/c1-20-27(30(38)35(33(20)3)24-13-8-5-9-14-24)31-29(37)21(2)39-26(36)17-16-22-19-34(23-11-6-4-7-12-23)32-28(22)25-15-10-18-40-25/h4-19,21H,1-3H3,(H,31,37)/b17-16+. The van der Waals surface area contributed by atoms with Crippen LogP contribution < -0.4 is 10.9 Å². The predicted octanol–water partition coefficient (Wildman–Crippen LogP) is 4.98. The first kappa shape index (κ1) is 26.6. The van der Waals surface area contributed by atoms with Gasteiger partial charge in [0.25, 0.3) is 11.5 Å². The number of benzene rings is 2. The van der Waals surface area contributed by atoms with Gasteiger partial charge in [0.15, 0.2) is 6.10 Å². The zero-order valence-corrected chi connectivity index (χ0v) is 23.0. The molecule has 0 radical (unpaired) electrons. The molecule has 1 unspecified atom stereocenters. The van der Waals surface area contributed by atoms with E-state index in [4.69, 9.17) is 9.84 Å². The maximum atomic E-state index is 13.1. The lowest BCUT2D eigenvalue weighted by Gasteiger charge is -2.11. The summed E-state index contributed by atoms with van der Waals surface area (Å²) in [6.07, 6.45) is 3.59. The van der Waals surface area contributed by atoms with E-state index in [2.05, 4.69) is 5.32 Å². The highest BCUT2D eigenvalue weighted by molar-refractivity contribution is 7.13. The molecule has 1 atom stereocenters. The van der Waals surface area contributed by atoms with Crippen molar-refractivity contribution >= 4 is 35.0 Å². The fraction of sp³-hybridized carbons (Fsp3) is 0.133. The molecular weight excluding hydrogens is 526 g/mol. The molecule has 3 heterocycles. The van der Waals surface area contributed by atoms with Gasteiger partial charge >= 0.3 is 5.97 Å². The first-order chi connectivity index (χ1) is 19.3. The zero-order valence-electron chi connectivity index (χ0n) is 22.1. The number of nitrogens with one attached hydrogen (secondary N) is 1. The monoisotopic (exact) mass is 553 g/mol. The summed E-state index contributed by atoms with van der Waals surface area (Å²) >= 11 is 1.54. The van der Waals surface area contributed by atoms with Crippen LogP contribution in [0.25, 0.3) is 28.0 Å². The molecule has 1 N–H and O–H groups in total. The lowest BCUT2D eigenvalue weighted by atomic mass is 10.2. The molecular formula is C30H27N5O4S. The van der Waals surface area contributed by atoms with Gasteiger partial charge in [-0.1, -0.05) is 42.5 Å². The Morgan fingerprint density at radius 2 is 1.68 bits per heavy atom. The zero-order chi connectivity index (χ0) is 28.2. The highest BCUT2D eigenvalue weighted by Crippen LogP contribution is 2.28. The third-order valence-electron chi connectivity index (χ3n) is 6.38. The number of nitrogens with zero attached hydrogens (tertiary/aromatic N) is 4. The Hall–Kier alpha value is -4.96. The number of thiophene rings is 1. The Morgan fingerprint density at radius 1 is 1.00 bits per heavy atom. The van der Waals surface area contributed by atoms with E-state index in [-0.39, 0.29) is 11.2 Å². The molecule has 2 aromatic carbocycles. The fourth-order valence-electron chi connectivity index (χ4n) is 4.19.